The standard InChI is InChI=1S/C28H33NO6S/c1-28(2,3)22-8-10-23(11-9-22)36(30,31)29(18-21-7-13-25-27(17-21)35-19-34-25)15-14-20-6-12-24(32-4)26(16-20)33-5/h6-13,16-17H,14-15,18-19H2,1-5H3. The summed E-state index contributed by atoms with van der Waals surface area (Å²) in [5.41, 5.74) is 2.78. The van der Waals surface area contributed by atoms with E-state index in [4.69, 9.17) is 18.9 Å². The van der Waals surface area contributed by atoms with Crippen LogP contribution in [0.15, 0.2) is 65.6 Å². The van der Waals surface area contributed by atoms with E-state index in [1.54, 1.807) is 26.4 Å². The first-order valence-corrected chi connectivity index (χ1v) is 13.3. The summed E-state index contributed by atoms with van der Waals surface area (Å²) in [7, 11) is -0.601. The summed E-state index contributed by atoms with van der Waals surface area (Å²) < 4.78 is 50.7. The van der Waals surface area contributed by atoms with Crippen molar-refractivity contribution in [2.75, 3.05) is 27.6 Å². The summed E-state index contributed by atoms with van der Waals surface area (Å²) in [6.07, 6.45) is 0.504. The highest BCUT2D eigenvalue weighted by molar-refractivity contribution is 7.89. The molecule has 0 bridgehead atoms. The van der Waals surface area contributed by atoms with Gasteiger partial charge in [-0.25, -0.2) is 8.42 Å². The molecule has 8 heteroatoms. The lowest BCUT2D eigenvalue weighted by Crippen LogP contribution is -2.32. The molecule has 192 valence electrons. The zero-order valence-electron chi connectivity index (χ0n) is 21.4. The fourth-order valence-corrected chi connectivity index (χ4v) is 5.52. The summed E-state index contributed by atoms with van der Waals surface area (Å²) >= 11 is 0. The minimum Gasteiger partial charge on any atom is -0.493 e. The van der Waals surface area contributed by atoms with Gasteiger partial charge in [-0.05, 0) is 64.9 Å². The predicted octanol–water partition coefficient (Wildman–Crippen LogP) is 5.16. The van der Waals surface area contributed by atoms with E-state index in [0.29, 0.717) is 29.4 Å². The van der Waals surface area contributed by atoms with Gasteiger partial charge in [0.15, 0.2) is 23.0 Å². The normalized spacial score (nSPS) is 13.2. The van der Waals surface area contributed by atoms with Gasteiger partial charge in [0.2, 0.25) is 16.8 Å². The largest absolute Gasteiger partial charge is 0.493 e. The Balaban J connectivity index is 1.63. The number of fused-ring (bicyclic) bond motifs is 1. The zero-order chi connectivity index (χ0) is 25.9. The smallest absolute Gasteiger partial charge is 0.243 e. The maximum atomic E-state index is 13.8. The molecule has 36 heavy (non-hydrogen) atoms. The minimum absolute atomic E-state index is 0.0676. The molecule has 4 rings (SSSR count). The second-order valence-electron chi connectivity index (χ2n) is 9.74. The van der Waals surface area contributed by atoms with Crippen molar-refractivity contribution < 1.29 is 27.4 Å². The fourth-order valence-electron chi connectivity index (χ4n) is 4.09. The number of sulfonamides is 1. The summed E-state index contributed by atoms with van der Waals surface area (Å²) in [6, 6.07) is 18.3. The van der Waals surface area contributed by atoms with Gasteiger partial charge in [-0.2, -0.15) is 4.31 Å². The number of hydrogen-bond acceptors (Lipinski definition) is 6. The molecule has 0 atom stereocenters. The molecule has 0 spiro atoms. The number of benzene rings is 3. The lowest BCUT2D eigenvalue weighted by atomic mass is 9.87. The van der Waals surface area contributed by atoms with Crippen molar-refractivity contribution in [3.63, 3.8) is 0 Å². The topological polar surface area (TPSA) is 74.3 Å². The Labute approximate surface area is 213 Å². The molecule has 0 aliphatic carbocycles. The zero-order valence-corrected chi connectivity index (χ0v) is 22.2. The molecule has 0 radical (unpaired) electrons. The summed E-state index contributed by atoms with van der Waals surface area (Å²) in [6.45, 7) is 6.96. The first-order valence-electron chi connectivity index (χ1n) is 11.8. The summed E-state index contributed by atoms with van der Waals surface area (Å²) in [5.74, 6) is 2.53. The van der Waals surface area contributed by atoms with Crippen LogP contribution >= 0.6 is 0 Å². The van der Waals surface area contributed by atoms with Crippen molar-refractivity contribution >= 4 is 10.0 Å². The molecule has 0 saturated heterocycles. The van der Waals surface area contributed by atoms with Crippen LogP contribution in [-0.4, -0.2) is 40.3 Å². The molecule has 3 aromatic carbocycles. The lowest BCUT2D eigenvalue weighted by molar-refractivity contribution is 0.174. The van der Waals surface area contributed by atoms with Gasteiger partial charge in [0.25, 0.3) is 0 Å². The van der Waals surface area contributed by atoms with Crippen LogP contribution in [-0.2, 0) is 28.4 Å². The van der Waals surface area contributed by atoms with Crippen molar-refractivity contribution in [2.24, 2.45) is 0 Å². The van der Waals surface area contributed by atoms with Crippen molar-refractivity contribution in [3.8, 4) is 23.0 Å². The summed E-state index contributed by atoms with van der Waals surface area (Å²) in [5, 5.41) is 0. The molecule has 7 nitrogen and oxygen atoms in total. The van der Waals surface area contributed by atoms with E-state index in [1.807, 2.05) is 48.5 Å². The van der Waals surface area contributed by atoms with Crippen LogP contribution in [0.1, 0.15) is 37.5 Å². The van der Waals surface area contributed by atoms with Gasteiger partial charge in [0.1, 0.15) is 0 Å². The number of methoxy groups -OCH3 is 2. The van der Waals surface area contributed by atoms with E-state index in [2.05, 4.69) is 20.8 Å². The fraction of sp³-hybridized carbons (Fsp3) is 0.357. The van der Waals surface area contributed by atoms with Crippen molar-refractivity contribution in [1.29, 1.82) is 0 Å². The molecular weight excluding hydrogens is 478 g/mol. The molecule has 1 aliphatic heterocycles. The molecule has 0 fully saturated rings. The molecule has 0 saturated carbocycles. The molecule has 3 aromatic rings. The van der Waals surface area contributed by atoms with Gasteiger partial charge < -0.3 is 18.9 Å². The van der Waals surface area contributed by atoms with Gasteiger partial charge in [-0.15, -0.1) is 0 Å². The van der Waals surface area contributed by atoms with Crippen LogP contribution in [0.2, 0.25) is 0 Å². The molecule has 0 amide bonds. The van der Waals surface area contributed by atoms with E-state index < -0.39 is 10.0 Å². The Kier molecular flexibility index (Phi) is 7.47. The van der Waals surface area contributed by atoms with E-state index in [9.17, 15) is 8.42 Å². The van der Waals surface area contributed by atoms with E-state index in [0.717, 1.165) is 16.7 Å². The molecular formula is C28H33NO6S. The Morgan fingerprint density at radius 3 is 2.17 bits per heavy atom. The number of ether oxygens (including phenoxy) is 4. The second-order valence-corrected chi connectivity index (χ2v) is 11.7. The second kappa shape index (κ2) is 10.4. The first-order chi connectivity index (χ1) is 17.1. The van der Waals surface area contributed by atoms with E-state index in [-0.39, 0.29) is 30.2 Å². The Hall–Kier alpha value is -3.23. The van der Waals surface area contributed by atoms with Gasteiger partial charge in [0, 0.05) is 13.1 Å². The average Bonchev–Trinajstić information content (AvgIpc) is 3.33. The van der Waals surface area contributed by atoms with Gasteiger partial charge in [0.05, 0.1) is 19.1 Å². The number of rotatable bonds is 9. The van der Waals surface area contributed by atoms with Crippen LogP contribution in [0.5, 0.6) is 23.0 Å². The Morgan fingerprint density at radius 1 is 0.833 bits per heavy atom. The van der Waals surface area contributed by atoms with Crippen molar-refractivity contribution in [1.82, 2.24) is 4.31 Å². The molecule has 0 unspecified atom stereocenters. The van der Waals surface area contributed by atoms with E-state index >= 15 is 0 Å². The number of nitrogens with zero attached hydrogens (tertiary/aromatic N) is 1. The van der Waals surface area contributed by atoms with Gasteiger partial charge in [-0.1, -0.05) is 45.0 Å². The Bertz CT molecular complexity index is 1310. The third kappa shape index (κ3) is 5.60. The number of hydrogen-bond donors (Lipinski definition) is 0. The quantitative estimate of drug-likeness (QED) is 0.395. The monoisotopic (exact) mass is 511 g/mol. The third-order valence-electron chi connectivity index (χ3n) is 6.25. The van der Waals surface area contributed by atoms with Gasteiger partial charge >= 0.3 is 0 Å². The predicted molar refractivity (Wildman–Crippen MR) is 139 cm³/mol. The van der Waals surface area contributed by atoms with Crippen LogP contribution in [0.4, 0.5) is 0 Å². The van der Waals surface area contributed by atoms with Crippen molar-refractivity contribution in [2.45, 2.75) is 44.0 Å². The third-order valence-corrected chi connectivity index (χ3v) is 8.11. The molecule has 0 N–H and O–H groups in total. The van der Waals surface area contributed by atoms with Crippen molar-refractivity contribution in [3.05, 3.63) is 77.4 Å². The first kappa shape index (κ1) is 25.9. The van der Waals surface area contributed by atoms with Crippen LogP contribution < -0.4 is 18.9 Å². The average molecular weight is 512 g/mol. The van der Waals surface area contributed by atoms with Gasteiger partial charge in [-0.3, -0.25) is 0 Å². The van der Waals surface area contributed by atoms with E-state index in [1.165, 1.54) is 4.31 Å². The maximum absolute atomic E-state index is 13.8. The minimum atomic E-state index is -3.77. The highest BCUT2D eigenvalue weighted by atomic mass is 32.2. The highest BCUT2D eigenvalue weighted by Gasteiger charge is 2.26. The van der Waals surface area contributed by atoms with Crippen LogP contribution in [0.3, 0.4) is 0 Å². The van der Waals surface area contributed by atoms with Crippen LogP contribution in [0.25, 0.3) is 0 Å². The molecule has 1 heterocycles. The lowest BCUT2D eigenvalue weighted by Gasteiger charge is -2.24. The molecule has 0 aromatic heterocycles. The van der Waals surface area contributed by atoms with Crippen LogP contribution in [0, 0.1) is 0 Å². The maximum Gasteiger partial charge on any atom is 0.243 e. The SMILES string of the molecule is COc1ccc(CCN(Cc2ccc3c(c2)OCO3)S(=O)(=O)c2ccc(C(C)(C)C)cc2)cc1OC. The highest BCUT2D eigenvalue weighted by Crippen LogP contribution is 2.34. The Morgan fingerprint density at radius 2 is 1.50 bits per heavy atom. The summed E-state index contributed by atoms with van der Waals surface area (Å²) in [4.78, 5) is 0.267. The molecule has 1 aliphatic rings.